The summed E-state index contributed by atoms with van der Waals surface area (Å²) in [5.74, 6) is 1.73. The highest BCUT2D eigenvalue weighted by atomic mass is 16.7. The molecule has 3 heteroatoms. The van der Waals surface area contributed by atoms with E-state index in [1.807, 2.05) is 0 Å². The van der Waals surface area contributed by atoms with E-state index in [0.717, 1.165) is 13.2 Å². The van der Waals surface area contributed by atoms with Gasteiger partial charge >= 0.3 is 0 Å². The third-order valence-electron chi connectivity index (χ3n) is 5.45. The number of hydrogen-bond acceptors (Lipinski definition) is 3. The lowest BCUT2D eigenvalue weighted by atomic mass is 9.74. The third kappa shape index (κ3) is 3.69. The van der Waals surface area contributed by atoms with Crippen LogP contribution in [-0.4, -0.2) is 43.5 Å². The third-order valence-corrected chi connectivity index (χ3v) is 5.45. The first-order valence-corrected chi connectivity index (χ1v) is 8.80. The molecule has 0 amide bonds. The molecule has 0 spiro atoms. The van der Waals surface area contributed by atoms with E-state index in [1.165, 1.54) is 44.3 Å². The molecule has 2 heterocycles. The minimum Gasteiger partial charge on any atom is -0.350 e. The van der Waals surface area contributed by atoms with Crippen molar-refractivity contribution in [2.45, 2.75) is 58.8 Å². The molecule has 5 atom stereocenters. The van der Waals surface area contributed by atoms with Crippen LogP contribution in [0.25, 0.3) is 0 Å². The van der Waals surface area contributed by atoms with Crippen LogP contribution in [0.5, 0.6) is 0 Å². The molecule has 2 fully saturated rings. The normalized spacial score (nSPS) is 42.0. The molecule has 3 nitrogen and oxygen atoms in total. The van der Waals surface area contributed by atoms with Crippen LogP contribution in [0.4, 0.5) is 0 Å². The van der Waals surface area contributed by atoms with Crippen molar-refractivity contribution in [3.63, 3.8) is 0 Å². The van der Waals surface area contributed by atoms with E-state index in [1.54, 1.807) is 0 Å². The molecule has 1 aliphatic carbocycles. The fourth-order valence-electron chi connectivity index (χ4n) is 4.50. The summed E-state index contributed by atoms with van der Waals surface area (Å²) in [4.78, 5) is 2.55. The molecule has 0 aromatic carbocycles. The minimum absolute atomic E-state index is 0.00846. The lowest BCUT2D eigenvalue weighted by Crippen LogP contribution is -2.39. The van der Waals surface area contributed by atoms with Crippen molar-refractivity contribution in [3.8, 4) is 0 Å². The maximum Gasteiger partial charge on any atom is 0.161 e. The molecule has 0 bridgehead atoms. The highest BCUT2D eigenvalue weighted by Gasteiger charge is 2.40. The maximum absolute atomic E-state index is 6.29. The Balaban J connectivity index is 1.54. The van der Waals surface area contributed by atoms with Crippen LogP contribution >= 0.6 is 0 Å². The van der Waals surface area contributed by atoms with Crippen LogP contribution in [0.15, 0.2) is 11.6 Å². The van der Waals surface area contributed by atoms with Crippen molar-refractivity contribution in [3.05, 3.63) is 11.6 Å². The number of likely N-dealkylation sites (tertiary alicyclic amines) is 1. The summed E-state index contributed by atoms with van der Waals surface area (Å²) < 4.78 is 12.3. The monoisotopic (exact) mass is 293 g/mol. The molecular weight excluding hydrogens is 262 g/mol. The summed E-state index contributed by atoms with van der Waals surface area (Å²) in [6, 6.07) is 0. The van der Waals surface area contributed by atoms with Gasteiger partial charge in [0.1, 0.15) is 0 Å². The Morgan fingerprint density at radius 3 is 2.67 bits per heavy atom. The molecule has 0 N–H and O–H groups in total. The maximum atomic E-state index is 6.29. The number of rotatable bonds is 3. The van der Waals surface area contributed by atoms with E-state index in [-0.39, 0.29) is 12.4 Å². The van der Waals surface area contributed by atoms with Gasteiger partial charge in [-0.3, -0.25) is 0 Å². The first-order chi connectivity index (χ1) is 10.1. The van der Waals surface area contributed by atoms with E-state index in [2.05, 4.69) is 31.7 Å². The van der Waals surface area contributed by atoms with E-state index >= 15 is 0 Å². The standard InChI is InChI=1S/C18H31NO2/c1-13-9-14(2)17(15(3)10-13)18-20-12-16(21-18)11-19-7-5-4-6-8-19/h9,14-18H,4-8,10-12H2,1-3H3/t14-,15-,16-,17-,18+/m0/s1. The van der Waals surface area contributed by atoms with E-state index < -0.39 is 0 Å². The summed E-state index contributed by atoms with van der Waals surface area (Å²) in [6.07, 6.45) is 7.97. The van der Waals surface area contributed by atoms with Crippen LogP contribution in [0, 0.1) is 17.8 Å². The van der Waals surface area contributed by atoms with Crippen LogP contribution in [0.1, 0.15) is 46.5 Å². The molecule has 21 heavy (non-hydrogen) atoms. The quantitative estimate of drug-likeness (QED) is 0.744. The second-order valence-corrected chi connectivity index (χ2v) is 7.45. The van der Waals surface area contributed by atoms with Gasteiger partial charge in [-0.1, -0.05) is 31.9 Å². The van der Waals surface area contributed by atoms with Gasteiger partial charge in [0, 0.05) is 12.5 Å². The molecule has 0 unspecified atom stereocenters. The van der Waals surface area contributed by atoms with Crippen molar-refractivity contribution in [2.75, 3.05) is 26.2 Å². The highest BCUT2D eigenvalue weighted by Crippen LogP contribution is 2.39. The Hall–Kier alpha value is -0.380. The zero-order chi connectivity index (χ0) is 14.8. The molecule has 3 aliphatic rings. The van der Waals surface area contributed by atoms with Crippen LogP contribution in [0.3, 0.4) is 0 Å². The average Bonchev–Trinajstić information content (AvgIpc) is 2.87. The predicted octanol–water partition coefficient (Wildman–Crippen LogP) is 3.45. The summed E-state index contributed by atoms with van der Waals surface area (Å²) >= 11 is 0. The molecule has 2 aliphatic heterocycles. The molecule has 0 radical (unpaired) electrons. The Morgan fingerprint density at radius 1 is 1.19 bits per heavy atom. The van der Waals surface area contributed by atoms with Gasteiger partial charge < -0.3 is 14.4 Å². The molecule has 120 valence electrons. The lowest BCUT2D eigenvalue weighted by Gasteiger charge is -2.36. The second kappa shape index (κ2) is 6.80. The minimum atomic E-state index is 0.00846. The van der Waals surface area contributed by atoms with Crippen molar-refractivity contribution in [1.29, 1.82) is 0 Å². The van der Waals surface area contributed by atoms with Gasteiger partial charge in [0.25, 0.3) is 0 Å². The van der Waals surface area contributed by atoms with Gasteiger partial charge in [0.05, 0.1) is 12.7 Å². The smallest absolute Gasteiger partial charge is 0.161 e. The fraction of sp³-hybridized carbons (Fsp3) is 0.889. The highest BCUT2D eigenvalue weighted by molar-refractivity contribution is 5.09. The van der Waals surface area contributed by atoms with Crippen molar-refractivity contribution < 1.29 is 9.47 Å². The number of ether oxygens (including phenoxy) is 2. The molecular formula is C18H31NO2. The molecule has 0 aromatic rings. The first kappa shape index (κ1) is 15.5. The van der Waals surface area contributed by atoms with Gasteiger partial charge in [0.15, 0.2) is 6.29 Å². The average molecular weight is 293 g/mol. The van der Waals surface area contributed by atoms with Crippen molar-refractivity contribution in [2.24, 2.45) is 17.8 Å². The Labute approximate surface area is 129 Å². The van der Waals surface area contributed by atoms with Crippen LogP contribution < -0.4 is 0 Å². The molecule has 2 saturated heterocycles. The van der Waals surface area contributed by atoms with Gasteiger partial charge in [-0.15, -0.1) is 0 Å². The van der Waals surface area contributed by atoms with Crippen LogP contribution in [0.2, 0.25) is 0 Å². The van der Waals surface area contributed by atoms with E-state index in [9.17, 15) is 0 Å². The number of hydrogen-bond donors (Lipinski definition) is 0. The molecule has 0 aromatic heterocycles. The molecule has 3 rings (SSSR count). The second-order valence-electron chi connectivity index (χ2n) is 7.45. The lowest BCUT2D eigenvalue weighted by molar-refractivity contribution is -0.123. The van der Waals surface area contributed by atoms with Crippen LogP contribution in [-0.2, 0) is 9.47 Å². The number of allylic oxidation sites excluding steroid dienone is 2. The Morgan fingerprint density at radius 2 is 1.95 bits per heavy atom. The van der Waals surface area contributed by atoms with Crippen molar-refractivity contribution in [1.82, 2.24) is 4.90 Å². The fourth-order valence-corrected chi connectivity index (χ4v) is 4.50. The van der Waals surface area contributed by atoms with Gasteiger partial charge in [-0.2, -0.15) is 0 Å². The zero-order valence-electron chi connectivity index (χ0n) is 13.9. The van der Waals surface area contributed by atoms with E-state index in [0.29, 0.717) is 17.8 Å². The van der Waals surface area contributed by atoms with Gasteiger partial charge in [-0.25, -0.2) is 0 Å². The summed E-state index contributed by atoms with van der Waals surface area (Å²) in [5.41, 5.74) is 1.52. The number of nitrogens with zero attached hydrogens (tertiary/aromatic N) is 1. The summed E-state index contributed by atoms with van der Waals surface area (Å²) in [5, 5.41) is 0. The topological polar surface area (TPSA) is 21.7 Å². The summed E-state index contributed by atoms with van der Waals surface area (Å²) in [7, 11) is 0. The van der Waals surface area contributed by atoms with Gasteiger partial charge in [-0.05, 0) is 51.1 Å². The predicted molar refractivity (Wildman–Crippen MR) is 85.1 cm³/mol. The van der Waals surface area contributed by atoms with Crippen molar-refractivity contribution >= 4 is 0 Å². The first-order valence-electron chi connectivity index (χ1n) is 8.80. The SMILES string of the molecule is CC1=C[C@H](C)[C@H]([C@@H]2OC[C@H](CN3CCCCC3)O2)[C@@H](C)C1. The molecule has 0 saturated carbocycles. The Kier molecular flexibility index (Phi) is 5.03. The Bertz CT molecular complexity index is 375. The zero-order valence-corrected chi connectivity index (χ0v) is 13.9. The summed E-state index contributed by atoms with van der Waals surface area (Å²) in [6.45, 7) is 11.2. The largest absolute Gasteiger partial charge is 0.350 e. The number of piperidine rings is 1. The van der Waals surface area contributed by atoms with E-state index in [4.69, 9.17) is 9.47 Å². The van der Waals surface area contributed by atoms with Gasteiger partial charge in [0.2, 0.25) is 0 Å².